The van der Waals surface area contributed by atoms with Crippen LogP contribution in [0.4, 0.5) is 0 Å². The number of methoxy groups -OCH3 is 2. The first kappa shape index (κ1) is 38.3. The lowest BCUT2D eigenvalue weighted by Gasteiger charge is -2.32. The van der Waals surface area contributed by atoms with Gasteiger partial charge < -0.3 is 39.8 Å². The lowest BCUT2D eigenvalue weighted by atomic mass is 9.98. The van der Waals surface area contributed by atoms with E-state index in [0.29, 0.717) is 11.1 Å². The monoisotopic (exact) mass is 644 g/mol. The van der Waals surface area contributed by atoms with Crippen molar-refractivity contribution in [3.63, 3.8) is 0 Å². The zero-order valence-corrected chi connectivity index (χ0v) is 27.4. The molecule has 2 rings (SSSR count). The second-order valence-corrected chi connectivity index (χ2v) is 11.8. The molecule has 0 aromatic heterocycles. The summed E-state index contributed by atoms with van der Waals surface area (Å²) in [5.74, 6) is -3.21. The molecule has 4 N–H and O–H groups in total. The molecule has 2 aromatic carbocycles. The van der Waals surface area contributed by atoms with Gasteiger partial charge in [-0.05, 0) is 35.8 Å². The van der Waals surface area contributed by atoms with E-state index in [-0.39, 0.29) is 37.9 Å². The highest BCUT2D eigenvalue weighted by Crippen LogP contribution is 2.18. The van der Waals surface area contributed by atoms with Crippen LogP contribution in [0.25, 0.3) is 0 Å². The summed E-state index contributed by atoms with van der Waals surface area (Å²) in [4.78, 5) is 52.1. The summed E-state index contributed by atoms with van der Waals surface area (Å²) >= 11 is 0. The quantitative estimate of drug-likeness (QED) is 0.167. The van der Waals surface area contributed by atoms with Crippen LogP contribution in [-0.4, -0.2) is 84.7 Å². The molecule has 2 amide bonds. The number of aliphatic hydroxyl groups excluding tert-OH is 2. The van der Waals surface area contributed by atoms with Crippen molar-refractivity contribution in [1.29, 1.82) is 0 Å². The average molecular weight is 645 g/mol. The van der Waals surface area contributed by atoms with Gasteiger partial charge in [0.05, 0.1) is 27.4 Å². The average Bonchev–Trinajstić information content (AvgIpc) is 3.03. The fourth-order valence-corrected chi connectivity index (χ4v) is 4.70. The van der Waals surface area contributed by atoms with Gasteiger partial charge in [-0.1, -0.05) is 88.4 Å². The van der Waals surface area contributed by atoms with Crippen LogP contribution in [0.5, 0.6) is 0 Å². The van der Waals surface area contributed by atoms with E-state index in [1.807, 2.05) is 27.7 Å². The van der Waals surface area contributed by atoms with E-state index in [2.05, 4.69) is 10.6 Å². The fraction of sp³-hybridized carbons (Fsp3) is 0.529. The topological polar surface area (TPSA) is 170 Å². The van der Waals surface area contributed by atoms with E-state index in [1.54, 1.807) is 60.7 Å². The molecule has 6 atom stereocenters. The Morgan fingerprint density at radius 1 is 0.609 bits per heavy atom. The molecule has 2 aromatic rings. The van der Waals surface area contributed by atoms with Crippen molar-refractivity contribution in [2.45, 2.75) is 90.2 Å². The van der Waals surface area contributed by atoms with Gasteiger partial charge in [-0.2, -0.15) is 0 Å². The van der Waals surface area contributed by atoms with Gasteiger partial charge in [0.15, 0.2) is 12.2 Å². The SMILES string of the molecule is COC(=O)C(CC(C)C)NC(=O)C(OCc1ccccc1)C(O)C(O)C(OCc1ccccc1)C(=O)NC(CC(C)C)C(=O)OC. The number of rotatable bonds is 19. The summed E-state index contributed by atoms with van der Waals surface area (Å²) in [5.41, 5.74) is 1.33. The predicted octanol–water partition coefficient (Wildman–Crippen LogP) is 2.29. The highest BCUT2D eigenvalue weighted by atomic mass is 16.5. The van der Waals surface area contributed by atoms with Crippen molar-refractivity contribution in [3.8, 4) is 0 Å². The lowest BCUT2D eigenvalue weighted by Crippen LogP contribution is -2.58. The second-order valence-electron chi connectivity index (χ2n) is 11.8. The molecule has 0 heterocycles. The number of benzene rings is 2. The highest BCUT2D eigenvalue weighted by Gasteiger charge is 2.42. The molecule has 6 unspecified atom stereocenters. The number of ether oxygens (including phenoxy) is 4. The van der Waals surface area contributed by atoms with Crippen molar-refractivity contribution < 1.29 is 48.3 Å². The summed E-state index contributed by atoms with van der Waals surface area (Å²) < 4.78 is 21.4. The lowest BCUT2D eigenvalue weighted by molar-refractivity contribution is -0.172. The number of hydrogen-bond donors (Lipinski definition) is 4. The van der Waals surface area contributed by atoms with Crippen molar-refractivity contribution in [2.24, 2.45) is 11.8 Å². The number of carbonyl (C=O) groups excluding carboxylic acids is 4. The molecule has 0 spiro atoms. The Kier molecular flexibility index (Phi) is 16.4. The van der Waals surface area contributed by atoms with Gasteiger partial charge in [0.25, 0.3) is 11.8 Å². The Morgan fingerprint density at radius 3 is 1.22 bits per heavy atom. The zero-order valence-electron chi connectivity index (χ0n) is 27.4. The first-order valence-corrected chi connectivity index (χ1v) is 15.3. The number of hydrogen-bond acceptors (Lipinski definition) is 10. The Labute approximate surface area is 270 Å². The van der Waals surface area contributed by atoms with Crippen LogP contribution in [0.15, 0.2) is 60.7 Å². The molecule has 0 aliphatic heterocycles. The maximum Gasteiger partial charge on any atom is 0.328 e. The highest BCUT2D eigenvalue weighted by molar-refractivity contribution is 5.89. The summed E-state index contributed by atoms with van der Waals surface area (Å²) in [7, 11) is 2.38. The number of aliphatic hydroxyl groups is 2. The maximum absolute atomic E-state index is 13.6. The van der Waals surface area contributed by atoms with Crippen molar-refractivity contribution in [2.75, 3.05) is 14.2 Å². The van der Waals surface area contributed by atoms with E-state index in [0.717, 1.165) is 0 Å². The van der Waals surface area contributed by atoms with Crippen molar-refractivity contribution >= 4 is 23.8 Å². The smallest absolute Gasteiger partial charge is 0.328 e. The molecule has 0 saturated carbocycles. The fourth-order valence-electron chi connectivity index (χ4n) is 4.70. The molecule has 0 saturated heterocycles. The second kappa shape index (κ2) is 19.6. The summed E-state index contributed by atoms with van der Waals surface area (Å²) in [6, 6.07) is 15.5. The van der Waals surface area contributed by atoms with Crippen LogP contribution < -0.4 is 10.6 Å². The Hall–Kier alpha value is -3.84. The predicted molar refractivity (Wildman–Crippen MR) is 169 cm³/mol. The maximum atomic E-state index is 13.6. The van der Waals surface area contributed by atoms with Crippen LogP contribution in [0, 0.1) is 11.8 Å². The van der Waals surface area contributed by atoms with E-state index in [1.165, 1.54) is 14.2 Å². The third-order valence-corrected chi connectivity index (χ3v) is 7.05. The third-order valence-electron chi connectivity index (χ3n) is 7.05. The number of nitrogens with one attached hydrogen (secondary N) is 2. The molecule has 0 bridgehead atoms. The molecule has 0 fully saturated rings. The summed E-state index contributed by atoms with van der Waals surface area (Å²) in [6.07, 6.45) is -7.07. The molecule has 0 aliphatic carbocycles. The molecular weight excluding hydrogens is 596 g/mol. The van der Waals surface area contributed by atoms with E-state index < -0.39 is 60.3 Å². The van der Waals surface area contributed by atoms with Crippen molar-refractivity contribution in [3.05, 3.63) is 71.8 Å². The Morgan fingerprint density at radius 2 is 0.935 bits per heavy atom. The number of esters is 2. The van der Waals surface area contributed by atoms with Crippen molar-refractivity contribution in [1.82, 2.24) is 10.6 Å². The normalized spacial score (nSPS) is 15.3. The first-order valence-electron chi connectivity index (χ1n) is 15.3. The standard InChI is InChI=1S/C34H48N2O10/c1-21(2)17-25(33(41)43-5)35-31(39)29(45-19-23-13-9-7-10-14-23)27(37)28(38)30(46-20-24-15-11-8-12-16-24)32(40)36-26(18-22(3)4)34(42)44-6/h7-16,21-22,25-30,37-38H,17-20H2,1-6H3,(H,35,39)(H,36,40). The van der Waals surface area contributed by atoms with Gasteiger partial charge in [0, 0.05) is 0 Å². The van der Waals surface area contributed by atoms with E-state index in [4.69, 9.17) is 18.9 Å². The Balaban J connectivity index is 2.43. The molecule has 254 valence electrons. The van der Waals surface area contributed by atoms with E-state index >= 15 is 0 Å². The first-order chi connectivity index (χ1) is 21.9. The molecule has 0 aliphatic rings. The van der Waals surface area contributed by atoms with E-state index in [9.17, 15) is 29.4 Å². The molecule has 0 radical (unpaired) electrons. The van der Waals surface area contributed by atoms with Gasteiger partial charge >= 0.3 is 11.9 Å². The third kappa shape index (κ3) is 12.5. The Bertz CT molecular complexity index is 1130. The van der Waals surface area contributed by atoms with Crippen LogP contribution in [-0.2, 0) is 51.3 Å². The minimum atomic E-state index is -2.02. The van der Waals surface area contributed by atoms with Gasteiger partial charge in [-0.25, -0.2) is 9.59 Å². The van der Waals surface area contributed by atoms with Gasteiger partial charge in [-0.3, -0.25) is 9.59 Å². The molecular formula is C34H48N2O10. The van der Waals surface area contributed by atoms with Crippen LogP contribution >= 0.6 is 0 Å². The largest absolute Gasteiger partial charge is 0.467 e. The van der Waals surface area contributed by atoms with Gasteiger partial charge in [0.2, 0.25) is 0 Å². The van der Waals surface area contributed by atoms with Crippen LogP contribution in [0.1, 0.15) is 51.7 Å². The summed E-state index contributed by atoms with van der Waals surface area (Å²) in [5, 5.41) is 28.1. The molecule has 12 heteroatoms. The van der Waals surface area contributed by atoms with Crippen LogP contribution in [0.3, 0.4) is 0 Å². The summed E-state index contributed by atoms with van der Waals surface area (Å²) in [6.45, 7) is 7.15. The number of carbonyl (C=O) groups is 4. The number of amides is 2. The minimum absolute atomic E-state index is 0.00309. The minimum Gasteiger partial charge on any atom is -0.467 e. The van der Waals surface area contributed by atoms with Gasteiger partial charge in [0.1, 0.15) is 24.3 Å². The van der Waals surface area contributed by atoms with Crippen LogP contribution in [0.2, 0.25) is 0 Å². The molecule has 12 nitrogen and oxygen atoms in total. The molecule has 46 heavy (non-hydrogen) atoms. The van der Waals surface area contributed by atoms with Gasteiger partial charge in [-0.15, -0.1) is 0 Å². The zero-order chi connectivity index (χ0) is 34.2.